The molecule has 0 bridgehead atoms. The van der Waals surface area contributed by atoms with E-state index >= 15 is 0 Å². The van der Waals surface area contributed by atoms with Crippen molar-refractivity contribution < 1.29 is 9.59 Å². The molecule has 1 aliphatic rings. The van der Waals surface area contributed by atoms with Crippen molar-refractivity contribution in [2.75, 3.05) is 26.2 Å². The topological polar surface area (TPSA) is 75.4 Å². The minimum atomic E-state index is -0.428. The SMILES string of the molecule is CCN(CC)C(=O)CNC(=O)C1(CN)CC(C)C1. The summed E-state index contributed by atoms with van der Waals surface area (Å²) >= 11 is 0. The Morgan fingerprint density at radius 3 is 2.28 bits per heavy atom. The Kier molecular flexibility index (Phi) is 5.14. The van der Waals surface area contributed by atoms with Crippen molar-refractivity contribution in [1.82, 2.24) is 10.2 Å². The fraction of sp³-hybridized carbons (Fsp3) is 0.846. The Balaban J connectivity index is 2.44. The van der Waals surface area contributed by atoms with Crippen LogP contribution in [0.1, 0.15) is 33.6 Å². The third-order valence-electron chi connectivity index (χ3n) is 3.87. The van der Waals surface area contributed by atoms with Crippen molar-refractivity contribution in [3.05, 3.63) is 0 Å². The van der Waals surface area contributed by atoms with Crippen LogP contribution in [0.15, 0.2) is 0 Å². The highest BCUT2D eigenvalue weighted by atomic mass is 16.2. The minimum absolute atomic E-state index is 0.0344. The summed E-state index contributed by atoms with van der Waals surface area (Å²) in [6.45, 7) is 7.76. The highest BCUT2D eigenvalue weighted by molar-refractivity contribution is 5.88. The van der Waals surface area contributed by atoms with E-state index < -0.39 is 5.41 Å². The summed E-state index contributed by atoms with van der Waals surface area (Å²) in [7, 11) is 0. The summed E-state index contributed by atoms with van der Waals surface area (Å²) in [5, 5.41) is 2.74. The maximum atomic E-state index is 12.1. The number of nitrogens with zero attached hydrogens (tertiary/aromatic N) is 1. The summed E-state index contributed by atoms with van der Waals surface area (Å²) in [6, 6.07) is 0. The number of hydrogen-bond donors (Lipinski definition) is 2. The van der Waals surface area contributed by atoms with Crippen molar-refractivity contribution in [1.29, 1.82) is 0 Å². The van der Waals surface area contributed by atoms with Crippen LogP contribution < -0.4 is 11.1 Å². The second-order valence-electron chi connectivity index (χ2n) is 5.25. The normalized spacial score (nSPS) is 26.3. The highest BCUT2D eigenvalue weighted by Crippen LogP contribution is 2.44. The van der Waals surface area contributed by atoms with E-state index in [9.17, 15) is 9.59 Å². The fourth-order valence-corrected chi connectivity index (χ4v) is 2.75. The average molecular weight is 255 g/mol. The molecule has 0 aromatic carbocycles. The first-order valence-electron chi connectivity index (χ1n) is 6.75. The number of nitrogens with two attached hydrogens (primary N) is 1. The zero-order chi connectivity index (χ0) is 13.8. The van der Waals surface area contributed by atoms with Gasteiger partial charge >= 0.3 is 0 Å². The minimum Gasteiger partial charge on any atom is -0.347 e. The molecule has 1 fully saturated rings. The van der Waals surface area contributed by atoms with Crippen molar-refractivity contribution in [2.24, 2.45) is 17.1 Å². The first kappa shape index (κ1) is 15.0. The van der Waals surface area contributed by atoms with Crippen LogP contribution >= 0.6 is 0 Å². The molecule has 0 radical (unpaired) electrons. The fourth-order valence-electron chi connectivity index (χ4n) is 2.75. The van der Waals surface area contributed by atoms with Crippen LogP contribution in [0.3, 0.4) is 0 Å². The first-order valence-corrected chi connectivity index (χ1v) is 6.75. The zero-order valence-electron chi connectivity index (χ0n) is 11.7. The number of likely N-dealkylation sites (N-methyl/N-ethyl adjacent to an activating group) is 1. The van der Waals surface area contributed by atoms with Gasteiger partial charge in [0.15, 0.2) is 0 Å². The van der Waals surface area contributed by atoms with Crippen LogP contribution in [-0.4, -0.2) is 42.9 Å². The Morgan fingerprint density at radius 1 is 1.33 bits per heavy atom. The van der Waals surface area contributed by atoms with Gasteiger partial charge in [-0.1, -0.05) is 6.92 Å². The van der Waals surface area contributed by atoms with E-state index in [1.54, 1.807) is 4.90 Å². The van der Waals surface area contributed by atoms with Gasteiger partial charge in [0.2, 0.25) is 11.8 Å². The smallest absolute Gasteiger partial charge is 0.241 e. The second-order valence-corrected chi connectivity index (χ2v) is 5.25. The van der Waals surface area contributed by atoms with Crippen LogP contribution in [0.25, 0.3) is 0 Å². The summed E-state index contributed by atoms with van der Waals surface area (Å²) in [5.74, 6) is 0.453. The summed E-state index contributed by atoms with van der Waals surface area (Å²) in [5.41, 5.74) is 5.27. The molecule has 5 nitrogen and oxygen atoms in total. The van der Waals surface area contributed by atoms with Crippen LogP contribution in [0.5, 0.6) is 0 Å². The molecule has 0 aromatic heterocycles. The molecule has 1 saturated carbocycles. The van der Waals surface area contributed by atoms with E-state index in [-0.39, 0.29) is 18.4 Å². The van der Waals surface area contributed by atoms with E-state index in [1.807, 2.05) is 13.8 Å². The molecule has 18 heavy (non-hydrogen) atoms. The molecular formula is C13H25N3O2. The van der Waals surface area contributed by atoms with Crippen LogP contribution in [0.4, 0.5) is 0 Å². The number of hydrogen-bond acceptors (Lipinski definition) is 3. The van der Waals surface area contributed by atoms with Crippen LogP contribution in [0.2, 0.25) is 0 Å². The molecule has 0 unspecified atom stereocenters. The van der Waals surface area contributed by atoms with E-state index in [0.717, 1.165) is 12.8 Å². The molecule has 1 aliphatic carbocycles. The van der Waals surface area contributed by atoms with Gasteiger partial charge in [0, 0.05) is 19.6 Å². The molecule has 1 rings (SSSR count). The number of carbonyl (C=O) groups is 2. The van der Waals surface area contributed by atoms with Crippen molar-refractivity contribution in [3.8, 4) is 0 Å². The quantitative estimate of drug-likeness (QED) is 0.719. The number of carbonyl (C=O) groups excluding carboxylic acids is 2. The van der Waals surface area contributed by atoms with Gasteiger partial charge in [-0.3, -0.25) is 9.59 Å². The molecule has 0 heterocycles. The lowest BCUT2D eigenvalue weighted by Crippen LogP contribution is -2.54. The molecular weight excluding hydrogens is 230 g/mol. The van der Waals surface area contributed by atoms with Crippen LogP contribution in [-0.2, 0) is 9.59 Å². The van der Waals surface area contributed by atoms with E-state index in [1.165, 1.54) is 0 Å². The summed E-state index contributed by atoms with van der Waals surface area (Å²) in [6.07, 6.45) is 1.66. The zero-order valence-corrected chi connectivity index (χ0v) is 11.7. The number of amides is 2. The summed E-state index contributed by atoms with van der Waals surface area (Å²) in [4.78, 5) is 25.5. The molecule has 0 saturated heterocycles. The second kappa shape index (κ2) is 6.18. The van der Waals surface area contributed by atoms with Gasteiger partial charge in [0.05, 0.1) is 12.0 Å². The Labute approximate surface area is 109 Å². The third-order valence-corrected chi connectivity index (χ3v) is 3.87. The van der Waals surface area contributed by atoms with Gasteiger partial charge in [0.1, 0.15) is 0 Å². The predicted molar refractivity (Wildman–Crippen MR) is 70.8 cm³/mol. The van der Waals surface area contributed by atoms with Gasteiger partial charge in [-0.2, -0.15) is 0 Å². The third kappa shape index (κ3) is 3.02. The first-order chi connectivity index (χ1) is 8.49. The molecule has 0 atom stereocenters. The lowest BCUT2D eigenvalue weighted by molar-refractivity contribution is -0.141. The highest BCUT2D eigenvalue weighted by Gasteiger charge is 2.47. The van der Waals surface area contributed by atoms with Gasteiger partial charge in [0.25, 0.3) is 0 Å². The number of nitrogens with one attached hydrogen (secondary N) is 1. The lowest BCUT2D eigenvalue weighted by Gasteiger charge is -2.44. The molecule has 0 spiro atoms. The Hall–Kier alpha value is -1.10. The van der Waals surface area contributed by atoms with Crippen LogP contribution in [0, 0.1) is 11.3 Å². The van der Waals surface area contributed by atoms with Gasteiger partial charge in [-0.15, -0.1) is 0 Å². The Morgan fingerprint density at radius 2 is 1.89 bits per heavy atom. The molecule has 3 N–H and O–H groups in total. The Bertz CT molecular complexity index is 307. The van der Waals surface area contributed by atoms with Crippen molar-refractivity contribution in [2.45, 2.75) is 33.6 Å². The van der Waals surface area contributed by atoms with E-state index in [0.29, 0.717) is 25.6 Å². The lowest BCUT2D eigenvalue weighted by atomic mass is 9.62. The van der Waals surface area contributed by atoms with E-state index in [2.05, 4.69) is 12.2 Å². The van der Waals surface area contributed by atoms with Crippen molar-refractivity contribution in [3.63, 3.8) is 0 Å². The molecule has 104 valence electrons. The standard InChI is InChI=1S/C13H25N3O2/c1-4-16(5-2)11(17)8-15-12(18)13(9-14)6-10(3)7-13/h10H,4-9,14H2,1-3H3,(H,15,18). The largest absolute Gasteiger partial charge is 0.347 e. The predicted octanol–water partition coefficient (Wildman–Crippen LogP) is 0.346. The maximum Gasteiger partial charge on any atom is 0.241 e. The average Bonchev–Trinajstić information content (AvgIpc) is 2.33. The van der Waals surface area contributed by atoms with Crippen molar-refractivity contribution >= 4 is 11.8 Å². The maximum absolute atomic E-state index is 12.1. The molecule has 2 amide bonds. The molecule has 0 aliphatic heterocycles. The summed E-state index contributed by atoms with van der Waals surface area (Å²) < 4.78 is 0. The van der Waals surface area contributed by atoms with Gasteiger partial charge in [-0.05, 0) is 32.6 Å². The number of rotatable bonds is 6. The molecule has 5 heteroatoms. The molecule has 0 aromatic rings. The van der Waals surface area contributed by atoms with Gasteiger partial charge in [-0.25, -0.2) is 0 Å². The monoisotopic (exact) mass is 255 g/mol. The van der Waals surface area contributed by atoms with Gasteiger partial charge < -0.3 is 16.0 Å². The van der Waals surface area contributed by atoms with E-state index in [4.69, 9.17) is 5.73 Å².